The van der Waals surface area contributed by atoms with Crippen LogP contribution in [-0.4, -0.2) is 61.5 Å². The summed E-state index contributed by atoms with van der Waals surface area (Å²) in [6, 6.07) is 9.66. The van der Waals surface area contributed by atoms with Crippen LogP contribution in [0.1, 0.15) is 12.0 Å². The maximum absolute atomic E-state index is 12.0. The number of nitrogens with one attached hydrogen (secondary N) is 2. The van der Waals surface area contributed by atoms with E-state index in [1.807, 2.05) is 35.2 Å². The summed E-state index contributed by atoms with van der Waals surface area (Å²) in [5.41, 5.74) is 1.08. The van der Waals surface area contributed by atoms with Crippen molar-refractivity contribution in [3.8, 4) is 0 Å². The van der Waals surface area contributed by atoms with Crippen molar-refractivity contribution in [2.45, 2.75) is 13.0 Å². The average Bonchev–Trinajstić information content (AvgIpc) is 2.56. The Morgan fingerprint density at radius 3 is 2.59 bits per heavy atom. The van der Waals surface area contributed by atoms with Gasteiger partial charge in [0.1, 0.15) is 0 Å². The molecule has 0 radical (unpaired) electrons. The SMILES string of the molecule is CN(Cc1ccccc1)C(=O)NCCC(=O)N1CCNCC1. The van der Waals surface area contributed by atoms with Crippen molar-refractivity contribution in [3.63, 3.8) is 0 Å². The number of urea groups is 1. The second-order valence-corrected chi connectivity index (χ2v) is 5.45. The second-order valence-electron chi connectivity index (χ2n) is 5.45. The summed E-state index contributed by atoms with van der Waals surface area (Å²) in [6.07, 6.45) is 0.352. The van der Waals surface area contributed by atoms with Crippen LogP contribution < -0.4 is 10.6 Å². The minimum Gasteiger partial charge on any atom is -0.340 e. The maximum Gasteiger partial charge on any atom is 0.317 e. The minimum atomic E-state index is -0.156. The third-order valence-electron chi connectivity index (χ3n) is 3.69. The van der Waals surface area contributed by atoms with Crippen molar-refractivity contribution >= 4 is 11.9 Å². The van der Waals surface area contributed by atoms with Crippen LogP contribution in [0.15, 0.2) is 30.3 Å². The van der Waals surface area contributed by atoms with Gasteiger partial charge < -0.3 is 20.4 Å². The molecule has 0 aliphatic carbocycles. The molecule has 1 fully saturated rings. The van der Waals surface area contributed by atoms with Gasteiger partial charge in [-0.3, -0.25) is 4.79 Å². The molecule has 1 aromatic rings. The summed E-state index contributed by atoms with van der Waals surface area (Å²) >= 11 is 0. The van der Waals surface area contributed by atoms with E-state index in [1.165, 1.54) is 0 Å². The highest BCUT2D eigenvalue weighted by atomic mass is 16.2. The molecule has 0 spiro atoms. The molecule has 1 saturated heterocycles. The predicted octanol–water partition coefficient (Wildman–Crippen LogP) is 0.650. The molecule has 6 nitrogen and oxygen atoms in total. The molecular formula is C16H24N4O2. The molecule has 0 bridgehead atoms. The lowest BCUT2D eigenvalue weighted by atomic mass is 10.2. The molecule has 22 heavy (non-hydrogen) atoms. The number of piperazine rings is 1. The Labute approximate surface area is 131 Å². The molecule has 0 unspecified atom stereocenters. The molecular weight excluding hydrogens is 280 g/mol. The van der Waals surface area contributed by atoms with Gasteiger partial charge >= 0.3 is 6.03 Å². The Morgan fingerprint density at radius 1 is 1.23 bits per heavy atom. The number of benzene rings is 1. The zero-order valence-corrected chi connectivity index (χ0v) is 13.0. The molecule has 2 rings (SSSR count). The Bertz CT molecular complexity index is 486. The third-order valence-corrected chi connectivity index (χ3v) is 3.69. The van der Waals surface area contributed by atoms with Crippen LogP contribution >= 0.6 is 0 Å². The van der Waals surface area contributed by atoms with Gasteiger partial charge in [0.05, 0.1) is 0 Å². The number of amides is 3. The largest absolute Gasteiger partial charge is 0.340 e. The molecule has 6 heteroatoms. The second kappa shape index (κ2) is 8.38. The Hall–Kier alpha value is -2.08. The molecule has 1 heterocycles. The van der Waals surface area contributed by atoms with E-state index in [-0.39, 0.29) is 11.9 Å². The number of hydrogen-bond donors (Lipinski definition) is 2. The summed E-state index contributed by atoms with van der Waals surface area (Å²) in [5.74, 6) is 0.104. The summed E-state index contributed by atoms with van der Waals surface area (Å²) in [6.45, 7) is 4.12. The fraction of sp³-hybridized carbons (Fsp3) is 0.500. The molecule has 2 N–H and O–H groups in total. The molecule has 0 atom stereocenters. The maximum atomic E-state index is 12.0. The first kappa shape index (κ1) is 16.3. The molecule has 1 aliphatic rings. The fourth-order valence-corrected chi connectivity index (χ4v) is 2.41. The van der Waals surface area contributed by atoms with Crippen molar-refractivity contribution in [3.05, 3.63) is 35.9 Å². The van der Waals surface area contributed by atoms with Crippen molar-refractivity contribution < 1.29 is 9.59 Å². The first-order valence-electron chi connectivity index (χ1n) is 7.68. The summed E-state index contributed by atoms with van der Waals surface area (Å²) < 4.78 is 0. The van der Waals surface area contributed by atoms with Gasteiger partial charge in [0.2, 0.25) is 5.91 Å². The lowest BCUT2D eigenvalue weighted by Crippen LogP contribution is -2.47. The monoisotopic (exact) mass is 304 g/mol. The predicted molar refractivity (Wildman–Crippen MR) is 85.4 cm³/mol. The number of carbonyl (C=O) groups is 2. The Balaban J connectivity index is 1.67. The molecule has 1 aromatic carbocycles. The molecule has 0 aromatic heterocycles. The quantitative estimate of drug-likeness (QED) is 0.839. The highest BCUT2D eigenvalue weighted by molar-refractivity contribution is 5.78. The van der Waals surface area contributed by atoms with Crippen molar-refractivity contribution in [1.29, 1.82) is 0 Å². The van der Waals surface area contributed by atoms with Crippen LogP contribution in [0.2, 0.25) is 0 Å². The zero-order chi connectivity index (χ0) is 15.8. The van der Waals surface area contributed by atoms with Crippen LogP contribution in [0.4, 0.5) is 4.79 Å². The highest BCUT2D eigenvalue weighted by Gasteiger charge is 2.16. The van der Waals surface area contributed by atoms with Crippen LogP contribution in [0.5, 0.6) is 0 Å². The fourth-order valence-electron chi connectivity index (χ4n) is 2.41. The van der Waals surface area contributed by atoms with Gasteiger partial charge in [0, 0.05) is 52.7 Å². The number of hydrogen-bond acceptors (Lipinski definition) is 3. The van der Waals surface area contributed by atoms with E-state index in [2.05, 4.69) is 10.6 Å². The van der Waals surface area contributed by atoms with E-state index in [9.17, 15) is 9.59 Å². The highest BCUT2D eigenvalue weighted by Crippen LogP contribution is 2.02. The van der Waals surface area contributed by atoms with E-state index < -0.39 is 0 Å². The van der Waals surface area contributed by atoms with Gasteiger partial charge in [-0.15, -0.1) is 0 Å². The van der Waals surface area contributed by atoms with Gasteiger partial charge in [-0.1, -0.05) is 30.3 Å². The van der Waals surface area contributed by atoms with Gasteiger partial charge in [-0.05, 0) is 5.56 Å². The number of carbonyl (C=O) groups excluding carboxylic acids is 2. The van der Waals surface area contributed by atoms with Crippen LogP contribution in [-0.2, 0) is 11.3 Å². The molecule has 1 aliphatic heterocycles. The van der Waals surface area contributed by atoms with E-state index >= 15 is 0 Å². The summed E-state index contributed by atoms with van der Waals surface area (Å²) in [7, 11) is 1.75. The van der Waals surface area contributed by atoms with E-state index in [0.29, 0.717) is 19.5 Å². The third kappa shape index (κ3) is 5.04. The first-order chi connectivity index (χ1) is 10.7. The van der Waals surface area contributed by atoms with Crippen molar-refractivity contribution in [1.82, 2.24) is 20.4 Å². The Morgan fingerprint density at radius 2 is 1.91 bits per heavy atom. The molecule has 120 valence electrons. The van der Waals surface area contributed by atoms with E-state index in [4.69, 9.17) is 0 Å². The number of nitrogens with zero attached hydrogens (tertiary/aromatic N) is 2. The van der Waals surface area contributed by atoms with Gasteiger partial charge in [0.25, 0.3) is 0 Å². The van der Waals surface area contributed by atoms with Gasteiger partial charge in [-0.2, -0.15) is 0 Å². The smallest absolute Gasteiger partial charge is 0.317 e. The standard InChI is InChI=1S/C16H24N4O2/c1-19(13-14-5-3-2-4-6-14)16(22)18-8-7-15(21)20-11-9-17-10-12-20/h2-6,17H,7-13H2,1H3,(H,18,22). The lowest BCUT2D eigenvalue weighted by molar-refractivity contribution is -0.131. The molecule has 3 amide bonds. The molecule has 0 saturated carbocycles. The lowest BCUT2D eigenvalue weighted by Gasteiger charge is -2.27. The minimum absolute atomic E-state index is 0.104. The van der Waals surface area contributed by atoms with E-state index in [0.717, 1.165) is 31.7 Å². The summed E-state index contributed by atoms with van der Waals surface area (Å²) in [4.78, 5) is 27.4. The van der Waals surface area contributed by atoms with Crippen molar-refractivity contribution in [2.24, 2.45) is 0 Å². The van der Waals surface area contributed by atoms with Crippen LogP contribution in [0.3, 0.4) is 0 Å². The summed E-state index contributed by atoms with van der Waals surface area (Å²) in [5, 5.41) is 6.01. The normalized spacial score (nSPS) is 14.5. The van der Waals surface area contributed by atoms with Gasteiger partial charge in [-0.25, -0.2) is 4.79 Å². The Kier molecular flexibility index (Phi) is 6.21. The number of rotatable bonds is 5. The van der Waals surface area contributed by atoms with Gasteiger partial charge in [0.15, 0.2) is 0 Å². The van der Waals surface area contributed by atoms with Crippen molar-refractivity contribution in [2.75, 3.05) is 39.8 Å². The van der Waals surface area contributed by atoms with E-state index in [1.54, 1.807) is 11.9 Å². The zero-order valence-electron chi connectivity index (χ0n) is 13.0. The average molecular weight is 304 g/mol. The van der Waals surface area contributed by atoms with Crippen LogP contribution in [0, 0.1) is 0 Å². The topological polar surface area (TPSA) is 64.7 Å². The first-order valence-corrected chi connectivity index (χ1v) is 7.68. The van der Waals surface area contributed by atoms with Crippen LogP contribution in [0.25, 0.3) is 0 Å².